The van der Waals surface area contributed by atoms with E-state index in [0.29, 0.717) is 24.9 Å². The Balaban J connectivity index is 1.53. The molecule has 1 aliphatic carbocycles. The van der Waals surface area contributed by atoms with E-state index < -0.39 is 0 Å². The number of carbonyl (C=O) groups excluding carboxylic acids is 1. The fourth-order valence-corrected chi connectivity index (χ4v) is 4.86. The molecule has 2 aromatic heterocycles. The number of rotatable bonds is 7. The second-order valence-corrected chi connectivity index (χ2v) is 9.21. The van der Waals surface area contributed by atoms with Gasteiger partial charge < -0.3 is 5.32 Å². The number of nitrogens with zero attached hydrogens (tertiary/aromatic N) is 3. The van der Waals surface area contributed by atoms with Crippen molar-refractivity contribution in [2.45, 2.75) is 65.7 Å². The Hall–Kier alpha value is -3.15. The minimum absolute atomic E-state index is 0.0000295. The van der Waals surface area contributed by atoms with Crippen molar-refractivity contribution < 1.29 is 4.79 Å². The Bertz CT molecular complexity index is 1260. The predicted molar refractivity (Wildman–Crippen MR) is 133 cm³/mol. The van der Waals surface area contributed by atoms with Gasteiger partial charge in [-0.3, -0.25) is 14.2 Å². The third kappa shape index (κ3) is 4.80. The summed E-state index contributed by atoms with van der Waals surface area (Å²) in [5.74, 6) is 0.0000295. The van der Waals surface area contributed by atoms with Crippen LogP contribution in [0.1, 0.15) is 60.9 Å². The maximum Gasteiger partial charge on any atom is 0.255 e. The quantitative estimate of drug-likeness (QED) is 0.540. The van der Waals surface area contributed by atoms with E-state index in [-0.39, 0.29) is 11.5 Å². The lowest BCUT2D eigenvalue weighted by molar-refractivity contribution is -0.121. The molecule has 0 atom stereocenters. The van der Waals surface area contributed by atoms with Gasteiger partial charge in [0.05, 0.1) is 11.4 Å². The van der Waals surface area contributed by atoms with Crippen molar-refractivity contribution in [1.29, 1.82) is 0 Å². The van der Waals surface area contributed by atoms with Crippen LogP contribution in [0.15, 0.2) is 40.7 Å². The van der Waals surface area contributed by atoms with Crippen molar-refractivity contribution in [2.75, 3.05) is 6.54 Å². The van der Waals surface area contributed by atoms with Gasteiger partial charge in [0, 0.05) is 31.0 Å². The van der Waals surface area contributed by atoms with Gasteiger partial charge in [0.25, 0.3) is 5.56 Å². The zero-order valence-corrected chi connectivity index (χ0v) is 20.2. The summed E-state index contributed by atoms with van der Waals surface area (Å²) in [6.45, 7) is 6.66. The summed E-state index contributed by atoms with van der Waals surface area (Å²) in [6.07, 6.45) is 8.83. The molecule has 0 spiro atoms. The lowest BCUT2D eigenvalue weighted by atomic mass is 9.97. The average molecular weight is 447 g/mol. The molecule has 0 saturated heterocycles. The van der Waals surface area contributed by atoms with Gasteiger partial charge in [-0.2, -0.15) is 5.10 Å². The van der Waals surface area contributed by atoms with Gasteiger partial charge in [0.2, 0.25) is 5.91 Å². The van der Waals surface area contributed by atoms with Gasteiger partial charge in [0.1, 0.15) is 5.65 Å². The van der Waals surface area contributed by atoms with Crippen LogP contribution in [-0.2, 0) is 18.3 Å². The van der Waals surface area contributed by atoms with Gasteiger partial charge in [-0.15, -0.1) is 0 Å². The Morgan fingerprint density at radius 1 is 1.09 bits per heavy atom. The summed E-state index contributed by atoms with van der Waals surface area (Å²) < 4.78 is 3.51. The van der Waals surface area contributed by atoms with Gasteiger partial charge in [-0.25, -0.2) is 4.68 Å². The van der Waals surface area contributed by atoms with E-state index in [1.165, 1.54) is 24.0 Å². The highest BCUT2D eigenvalue weighted by Gasteiger charge is 2.20. The monoisotopic (exact) mass is 446 g/mol. The molecule has 0 bridgehead atoms. The predicted octanol–water partition coefficient (Wildman–Crippen LogP) is 4.59. The van der Waals surface area contributed by atoms with Crippen molar-refractivity contribution in [1.82, 2.24) is 19.7 Å². The van der Waals surface area contributed by atoms with E-state index >= 15 is 0 Å². The second kappa shape index (κ2) is 9.77. The van der Waals surface area contributed by atoms with Crippen molar-refractivity contribution >= 4 is 16.9 Å². The number of amides is 1. The van der Waals surface area contributed by atoms with E-state index in [4.69, 9.17) is 5.10 Å². The third-order valence-corrected chi connectivity index (χ3v) is 6.78. The smallest absolute Gasteiger partial charge is 0.255 e. The van der Waals surface area contributed by atoms with Crippen LogP contribution >= 0.6 is 0 Å². The fraction of sp³-hybridized carbons (Fsp3) is 0.444. The Morgan fingerprint density at radius 3 is 2.55 bits per heavy atom. The van der Waals surface area contributed by atoms with E-state index in [0.717, 1.165) is 47.2 Å². The number of nitrogens with one attached hydrogen (secondary N) is 1. The van der Waals surface area contributed by atoms with E-state index in [2.05, 4.69) is 11.4 Å². The molecule has 1 amide bonds. The summed E-state index contributed by atoms with van der Waals surface area (Å²) in [4.78, 5) is 25.7. The maximum absolute atomic E-state index is 13.3. The van der Waals surface area contributed by atoms with Gasteiger partial charge in [-0.1, -0.05) is 29.3 Å². The van der Waals surface area contributed by atoms with Crippen LogP contribution in [0.5, 0.6) is 0 Å². The zero-order chi connectivity index (χ0) is 23.5. The number of hydrogen-bond donors (Lipinski definition) is 1. The Labute approximate surface area is 195 Å². The molecule has 1 aromatic carbocycles. The van der Waals surface area contributed by atoms with Crippen LogP contribution in [0.3, 0.4) is 0 Å². The van der Waals surface area contributed by atoms with E-state index in [1.807, 2.05) is 49.7 Å². The summed E-state index contributed by atoms with van der Waals surface area (Å²) in [5.41, 5.74) is 6.77. The molecule has 2 heterocycles. The summed E-state index contributed by atoms with van der Waals surface area (Å²) in [5, 5.41) is 8.76. The van der Waals surface area contributed by atoms with Crippen LogP contribution in [0.4, 0.5) is 0 Å². The molecule has 0 saturated carbocycles. The van der Waals surface area contributed by atoms with E-state index in [9.17, 15) is 9.59 Å². The molecule has 3 aromatic rings. The molecule has 4 rings (SSSR count). The maximum atomic E-state index is 13.3. The number of fused-ring (bicyclic) bond motifs is 1. The van der Waals surface area contributed by atoms with Gasteiger partial charge in [0.15, 0.2) is 0 Å². The number of aryl methyl sites for hydroxylation is 4. The molecule has 33 heavy (non-hydrogen) atoms. The lowest BCUT2D eigenvalue weighted by Crippen LogP contribution is -2.28. The first-order valence-electron chi connectivity index (χ1n) is 12.0. The number of aromatic nitrogens is 3. The van der Waals surface area contributed by atoms with Crippen LogP contribution in [-0.4, -0.2) is 26.8 Å². The Kier molecular flexibility index (Phi) is 6.82. The molecule has 174 valence electrons. The van der Waals surface area contributed by atoms with Crippen LogP contribution in [0, 0.1) is 20.8 Å². The highest BCUT2D eigenvalue weighted by atomic mass is 16.1. The standard InChI is InChI=1S/C27H34N4O2/c1-18-10-12-22(13-11-18)31-26-25(20(3)29-31)19(2)23(27(33)30(26)4)14-15-24(32)28-17-16-21-8-6-5-7-9-21/h8,10-13H,5-7,9,14-17H2,1-4H3,(H,28,32). The SMILES string of the molecule is Cc1ccc(-n2nc(C)c3c(C)c(CCC(=O)NCCC4=CCCCC4)c(=O)n(C)c32)cc1. The summed E-state index contributed by atoms with van der Waals surface area (Å²) >= 11 is 0. The van der Waals surface area contributed by atoms with Crippen LogP contribution < -0.4 is 10.9 Å². The molecule has 0 radical (unpaired) electrons. The van der Waals surface area contributed by atoms with Crippen molar-refractivity contribution in [2.24, 2.45) is 7.05 Å². The topological polar surface area (TPSA) is 68.9 Å². The number of pyridine rings is 1. The Morgan fingerprint density at radius 2 is 1.85 bits per heavy atom. The van der Waals surface area contributed by atoms with Gasteiger partial charge >= 0.3 is 0 Å². The average Bonchev–Trinajstić information content (AvgIpc) is 3.16. The van der Waals surface area contributed by atoms with Gasteiger partial charge in [-0.05, 0) is 77.0 Å². The first kappa shape index (κ1) is 23.0. The molecular formula is C27H34N4O2. The van der Waals surface area contributed by atoms with Crippen LogP contribution in [0.2, 0.25) is 0 Å². The largest absolute Gasteiger partial charge is 0.356 e. The first-order chi connectivity index (χ1) is 15.9. The first-order valence-corrected chi connectivity index (χ1v) is 12.0. The number of allylic oxidation sites excluding steroid dienone is 1. The minimum atomic E-state index is -0.0616. The molecule has 0 aliphatic heterocycles. The zero-order valence-electron chi connectivity index (χ0n) is 20.2. The summed E-state index contributed by atoms with van der Waals surface area (Å²) in [6, 6.07) is 8.12. The van der Waals surface area contributed by atoms with Crippen molar-refractivity contribution in [3.05, 3.63) is 68.7 Å². The molecule has 1 aliphatic rings. The highest BCUT2D eigenvalue weighted by molar-refractivity contribution is 5.85. The fourth-order valence-electron chi connectivity index (χ4n) is 4.86. The molecular weight excluding hydrogens is 412 g/mol. The van der Waals surface area contributed by atoms with Crippen LogP contribution in [0.25, 0.3) is 16.7 Å². The number of carbonyl (C=O) groups is 1. The molecule has 0 fully saturated rings. The molecule has 1 N–H and O–H groups in total. The second-order valence-electron chi connectivity index (χ2n) is 9.21. The number of hydrogen-bond acceptors (Lipinski definition) is 3. The normalized spacial score (nSPS) is 13.9. The van der Waals surface area contributed by atoms with Crippen molar-refractivity contribution in [3.63, 3.8) is 0 Å². The minimum Gasteiger partial charge on any atom is -0.356 e. The highest BCUT2D eigenvalue weighted by Crippen LogP contribution is 2.26. The molecule has 6 nitrogen and oxygen atoms in total. The summed E-state index contributed by atoms with van der Waals surface area (Å²) in [7, 11) is 1.79. The van der Waals surface area contributed by atoms with Crippen molar-refractivity contribution in [3.8, 4) is 5.69 Å². The molecule has 6 heteroatoms. The van der Waals surface area contributed by atoms with E-state index in [1.54, 1.807) is 11.6 Å². The third-order valence-electron chi connectivity index (χ3n) is 6.78. The number of benzene rings is 1. The molecule has 0 unspecified atom stereocenters. The lowest BCUT2D eigenvalue weighted by Gasteiger charge is -2.14.